The number of methoxy groups -OCH3 is 2. The summed E-state index contributed by atoms with van der Waals surface area (Å²) >= 11 is 3.46. The third-order valence-electron chi connectivity index (χ3n) is 3.26. The van der Waals surface area contributed by atoms with Crippen LogP contribution in [0.1, 0.15) is 0 Å². The molecule has 5 nitrogen and oxygen atoms in total. The third-order valence-corrected chi connectivity index (χ3v) is 3.75. The largest absolute Gasteiger partial charge is 0.497 e. The Morgan fingerprint density at radius 3 is 2.64 bits per heavy atom. The molecule has 1 N–H and O–H groups in total. The van der Waals surface area contributed by atoms with E-state index in [1.165, 1.54) is 6.33 Å². The number of hydrogen-bond acceptors (Lipinski definition) is 5. The van der Waals surface area contributed by atoms with Gasteiger partial charge in [0.05, 0.1) is 25.4 Å². The normalized spacial score (nSPS) is 10.5. The van der Waals surface area contributed by atoms with E-state index in [0.717, 1.165) is 32.6 Å². The SMILES string of the molecule is COc1ccc2c(Nc3cc(Br)ccc3OC)ncnc2c1. The molecule has 0 aliphatic carbocycles. The lowest BCUT2D eigenvalue weighted by atomic mass is 10.2. The zero-order valence-corrected chi connectivity index (χ0v) is 13.7. The van der Waals surface area contributed by atoms with Crippen LogP contribution in [0, 0.1) is 0 Å². The molecule has 0 amide bonds. The minimum atomic E-state index is 0.712. The quantitative estimate of drug-likeness (QED) is 0.757. The van der Waals surface area contributed by atoms with Crippen molar-refractivity contribution in [3.8, 4) is 11.5 Å². The van der Waals surface area contributed by atoms with Crippen molar-refractivity contribution in [1.82, 2.24) is 9.97 Å². The maximum atomic E-state index is 5.37. The van der Waals surface area contributed by atoms with Crippen molar-refractivity contribution >= 4 is 38.3 Å². The van der Waals surface area contributed by atoms with Crippen molar-refractivity contribution in [3.05, 3.63) is 47.2 Å². The van der Waals surface area contributed by atoms with Gasteiger partial charge >= 0.3 is 0 Å². The van der Waals surface area contributed by atoms with Crippen molar-refractivity contribution in [3.63, 3.8) is 0 Å². The monoisotopic (exact) mass is 359 g/mol. The van der Waals surface area contributed by atoms with Gasteiger partial charge in [-0.25, -0.2) is 9.97 Å². The standard InChI is InChI=1S/C16H14BrN3O2/c1-21-11-4-5-12-13(8-11)18-9-19-16(12)20-14-7-10(17)3-6-15(14)22-2/h3-9H,1-2H3,(H,18,19,20). The van der Waals surface area contributed by atoms with E-state index in [1.807, 2.05) is 36.4 Å². The van der Waals surface area contributed by atoms with Gasteiger partial charge in [-0.15, -0.1) is 0 Å². The molecule has 3 rings (SSSR count). The number of aromatic nitrogens is 2. The highest BCUT2D eigenvalue weighted by Crippen LogP contribution is 2.32. The Bertz CT molecular complexity index is 824. The van der Waals surface area contributed by atoms with Gasteiger partial charge in [0.1, 0.15) is 23.6 Å². The van der Waals surface area contributed by atoms with Gasteiger partial charge in [-0.3, -0.25) is 0 Å². The molecule has 0 radical (unpaired) electrons. The van der Waals surface area contributed by atoms with Crippen molar-refractivity contribution in [1.29, 1.82) is 0 Å². The Balaban J connectivity index is 2.06. The van der Waals surface area contributed by atoms with E-state index >= 15 is 0 Å². The van der Waals surface area contributed by atoms with E-state index in [4.69, 9.17) is 9.47 Å². The number of nitrogens with zero attached hydrogens (tertiary/aromatic N) is 2. The van der Waals surface area contributed by atoms with Gasteiger partial charge in [0.25, 0.3) is 0 Å². The van der Waals surface area contributed by atoms with Gasteiger partial charge in [-0.05, 0) is 30.3 Å². The van der Waals surface area contributed by atoms with Crippen LogP contribution in [-0.4, -0.2) is 24.2 Å². The van der Waals surface area contributed by atoms with Gasteiger partial charge in [-0.1, -0.05) is 15.9 Å². The molecule has 22 heavy (non-hydrogen) atoms. The summed E-state index contributed by atoms with van der Waals surface area (Å²) in [5.74, 6) is 2.21. The first-order chi connectivity index (χ1) is 10.7. The summed E-state index contributed by atoms with van der Waals surface area (Å²) in [5.41, 5.74) is 1.64. The molecule has 1 aromatic heterocycles. The topological polar surface area (TPSA) is 56.3 Å². The van der Waals surface area contributed by atoms with Crippen LogP contribution in [0.3, 0.4) is 0 Å². The average molecular weight is 360 g/mol. The lowest BCUT2D eigenvalue weighted by molar-refractivity contribution is 0.415. The van der Waals surface area contributed by atoms with Gasteiger partial charge < -0.3 is 14.8 Å². The summed E-state index contributed by atoms with van der Waals surface area (Å²) in [6.45, 7) is 0. The molecule has 0 saturated heterocycles. The Kier molecular flexibility index (Phi) is 4.11. The number of fused-ring (bicyclic) bond motifs is 1. The fourth-order valence-electron chi connectivity index (χ4n) is 2.17. The molecule has 2 aromatic carbocycles. The molecule has 0 spiro atoms. The maximum absolute atomic E-state index is 5.37. The van der Waals surface area contributed by atoms with Crippen molar-refractivity contribution in [2.24, 2.45) is 0 Å². The summed E-state index contributed by atoms with van der Waals surface area (Å²) in [5, 5.41) is 4.21. The molecule has 0 atom stereocenters. The molecule has 0 unspecified atom stereocenters. The van der Waals surface area contributed by atoms with Crippen LogP contribution in [0.2, 0.25) is 0 Å². The molecule has 0 aliphatic rings. The molecule has 0 saturated carbocycles. The van der Waals surface area contributed by atoms with Crippen LogP contribution in [0.25, 0.3) is 10.9 Å². The fourth-order valence-corrected chi connectivity index (χ4v) is 2.53. The lowest BCUT2D eigenvalue weighted by Crippen LogP contribution is -1.98. The van der Waals surface area contributed by atoms with E-state index in [0.29, 0.717) is 5.82 Å². The molecule has 112 valence electrons. The van der Waals surface area contributed by atoms with Crippen LogP contribution in [-0.2, 0) is 0 Å². The molecular formula is C16H14BrN3O2. The van der Waals surface area contributed by atoms with Gasteiger partial charge in [0.2, 0.25) is 0 Å². The number of anilines is 2. The van der Waals surface area contributed by atoms with Gasteiger partial charge in [-0.2, -0.15) is 0 Å². The van der Waals surface area contributed by atoms with Crippen LogP contribution in [0.5, 0.6) is 11.5 Å². The number of ether oxygens (including phenoxy) is 2. The van der Waals surface area contributed by atoms with E-state index in [1.54, 1.807) is 14.2 Å². The smallest absolute Gasteiger partial charge is 0.142 e. The fraction of sp³-hybridized carbons (Fsp3) is 0.125. The molecule has 6 heteroatoms. The van der Waals surface area contributed by atoms with Crippen LogP contribution in [0.15, 0.2) is 47.2 Å². The Hall–Kier alpha value is -2.34. The number of halogens is 1. The van der Waals surface area contributed by atoms with E-state index in [9.17, 15) is 0 Å². The predicted molar refractivity (Wildman–Crippen MR) is 90.1 cm³/mol. The summed E-state index contributed by atoms with van der Waals surface area (Å²) in [6.07, 6.45) is 1.52. The van der Waals surface area contributed by atoms with E-state index < -0.39 is 0 Å². The van der Waals surface area contributed by atoms with E-state index in [-0.39, 0.29) is 0 Å². The Labute approximate surface area is 136 Å². The highest BCUT2D eigenvalue weighted by atomic mass is 79.9. The zero-order valence-electron chi connectivity index (χ0n) is 12.1. The second-order valence-corrected chi connectivity index (χ2v) is 5.49. The zero-order chi connectivity index (χ0) is 15.5. The number of rotatable bonds is 4. The summed E-state index contributed by atoms with van der Waals surface area (Å²) in [4.78, 5) is 8.61. The average Bonchev–Trinajstić information content (AvgIpc) is 2.55. The van der Waals surface area contributed by atoms with Gasteiger partial charge in [0, 0.05) is 15.9 Å². The highest BCUT2D eigenvalue weighted by Gasteiger charge is 2.09. The van der Waals surface area contributed by atoms with E-state index in [2.05, 4.69) is 31.2 Å². The number of nitrogens with one attached hydrogen (secondary N) is 1. The van der Waals surface area contributed by atoms with Crippen LogP contribution in [0.4, 0.5) is 11.5 Å². The minimum absolute atomic E-state index is 0.712. The van der Waals surface area contributed by atoms with Crippen molar-refractivity contribution in [2.45, 2.75) is 0 Å². The Morgan fingerprint density at radius 1 is 1.00 bits per heavy atom. The summed E-state index contributed by atoms with van der Waals surface area (Å²) < 4.78 is 11.6. The molecule has 0 aliphatic heterocycles. The van der Waals surface area contributed by atoms with Crippen molar-refractivity contribution < 1.29 is 9.47 Å². The first-order valence-electron chi connectivity index (χ1n) is 6.60. The summed E-state index contributed by atoms with van der Waals surface area (Å²) in [6, 6.07) is 11.4. The molecular weight excluding hydrogens is 346 g/mol. The van der Waals surface area contributed by atoms with Crippen LogP contribution >= 0.6 is 15.9 Å². The second-order valence-electron chi connectivity index (χ2n) is 4.57. The molecule has 1 heterocycles. The van der Waals surface area contributed by atoms with Gasteiger partial charge in [0.15, 0.2) is 0 Å². The Morgan fingerprint density at radius 2 is 1.86 bits per heavy atom. The predicted octanol–water partition coefficient (Wildman–Crippen LogP) is 4.15. The third kappa shape index (κ3) is 2.82. The first-order valence-corrected chi connectivity index (χ1v) is 7.40. The molecule has 0 bridgehead atoms. The number of hydrogen-bond donors (Lipinski definition) is 1. The lowest BCUT2D eigenvalue weighted by Gasteiger charge is -2.12. The molecule has 3 aromatic rings. The van der Waals surface area contributed by atoms with Crippen molar-refractivity contribution in [2.75, 3.05) is 19.5 Å². The number of benzene rings is 2. The maximum Gasteiger partial charge on any atom is 0.142 e. The highest BCUT2D eigenvalue weighted by molar-refractivity contribution is 9.10. The van der Waals surface area contributed by atoms with Crippen LogP contribution < -0.4 is 14.8 Å². The minimum Gasteiger partial charge on any atom is -0.497 e. The first kappa shape index (κ1) is 14.6. The summed E-state index contributed by atoms with van der Waals surface area (Å²) in [7, 11) is 3.27. The molecule has 0 fully saturated rings. The second kappa shape index (κ2) is 6.19.